The number of nitrogens with zero attached hydrogens (tertiary/aromatic N) is 1. The molecule has 2 aromatic rings. The number of hydrogen-bond acceptors (Lipinski definition) is 4. The SMILES string of the molecule is CCCS(=O)(=O)N[C@H]1COC[C@H]1Cc1ccnc2ccccc12. The fourth-order valence-corrected chi connectivity index (χ4v) is 4.48. The van der Waals surface area contributed by atoms with Crippen molar-refractivity contribution >= 4 is 20.9 Å². The van der Waals surface area contributed by atoms with Crippen molar-refractivity contribution in [1.82, 2.24) is 9.71 Å². The summed E-state index contributed by atoms with van der Waals surface area (Å²) < 4.78 is 32.4. The van der Waals surface area contributed by atoms with E-state index in [4.69, 9.17) is 4.74 Å². The number of sulfonamides is 1. The Morgan fingerprint density at radius 3 is 2.91 bits per heavy atom. The highest BCUT2D eigenvalue weighted by molar-refractivity contribution is 7.89. The predicted molar refractivity (Wildman–Crippen MR) is 90.8 cm³/mol. The minimum Gasteiger partial charge on any atom is -0.379 e. The van der Waals surface area contributed by atoms with Crippen LogP contribution in [0, 0.1) is 5.92 Å². The molecule has 0 aliphatic carbocycles. The van der Waals surface area contributed by atoms with Crippen LogP contribution in [0.2, 0.25) is 0 Å². The minimum atomic E-state index is -3.23. The average Bonchev–Trinajstić information content (AvgIpc) is 2.94. The summed E-state index contributed by atoms with van der Waals surface area (Å²) in [6.07, 6.45) is 3.20. The van der Waals surface area contributed by atoms with Crippen molar-refractivity contribution in [3.05, 3.63) is 42.1 Å². The van der Waals surface area contributed by atoms with Crippen LogP contribution in [0.3, 0.4) is 0 Å². The summed E-state index contributed by atoms with van der Waals surface area (Å²) in [5.41, 5.74) is 2.15. The molecule has 0 amide bonds. The summed E-state index contributed by atoms with van der Waals surface area (Å²) >= 11 is 0. The summed E-state index contributed by atoms with van der Waals surface area (Å²) in [4.78, 5) is 4.38. The largest absolute Gasteiger partial charge is 0.379 e. The Labute approximate surface area is 137 Å². The molecule has 3 rings (SSSR count). The van der Waals surface area contributed by atoms with E-state index in [2.05, 4.69) is 15.8 Å². The van der Waals surface area contributed by atoms with Gasteiger partial charge in [0.25, 0.3) is 0 Å². The third kappa shape index (κ3) is 3.88. The van der Waals surface area contributed by atoms with Gasteiger partial charge in [0, 0.05) is 17.5 Å². The number of aromatic nitrogens is 1. The van der Waals surface area contributed by atoms with E-state index in [-0.39, 0.29) is 17.7 Å². The molecule has 0 saturated carbocycles. The molecular formula is C17H22N2O3S. The molecule has 1 N–H and O–H groups in total. The molecule has 0 spiro atoms. The second-order valence-corrected chi connectivity index (χ2v) is 7.91. The van der Waals surface area contributed by atoms with Gasteiger partial charge in [-0.3, -0.25) is 4.98 Å². The second kappa shape index (κ2) is 6.95. The second-order valence-electron chi connectivity index (χ2n) is 6.03. The Kier molecular flexibility index (Phi) is 4.94. The van der Waals surface area contributed by atoms with Crippen LogP contribution in [0.15, 0.2) is 36.5 Å². The van der Waals surface area contributed by atoms with Gasteiger partial charge in [0.05, 0.1) is 30.5 Å². The first-order chi connectivity index (χ1) is 11.1. The first-order valence-corrected chi connectivity index (χ1v) is 9.64. The quantitative estimate of drug-likeness (QED) is 0.879. The molecule has 1 aromatic carbocycles. The van der Waals surface area contributed by atoms with Crippen LogP contribution in [0.1, 0.15) is 18.9 Å². The van der Waals surface area contributed by atoms with Gasteiger partial charge in [-0.2, -0.15) is 0 Å². The maximum absolute atomic E-state index is 12.0. The standard InChI is InChI=1S/C17H22N2O3S/c1-2-9-23(20,21)19-17-12-22-11-14(17)10-13-7-8-18-16-6-4-3-5-15(13)16/h3-8,14,17,19H,2,9-12H2,1H3/t14-,17+/m1/s1. The number of para-hydroxylation sites is 1. The van der Waals surface area contributed by atoms with Gasteiger partial charge in [-0.1, -0.05) is 25.1 Å². The van der Waals surface area contributed by atoms with Crippen LogP contribution in [0.4, 0.5) is 0 Å². The first kappa shape index (κ1) is 16.4. The number of benzene rings is 1. The minimum absolute atomic E-state index is 0.146. The van der Waals surface area contributed by atoms with Gasteiger partial charge in [0.2, 0.25) is 10.0 Å². The lowest BCUT2D eigenvalue weighted by atomic mass is 9.93. The van der Waals surface area contributed by atoms with Crippen molar-refractivity contribution in [3.8, 4) is 0 Å². The lowest BCUT2D eigenvalue weighted by Crippen LogP contribution is -2.41. The van der Waals surface area contributed by atoms with Crippen molar-refractivity contribution < 1.29 is 13.2 Å². The molecule has 1 saturated heterocycles. The van der Waals surface area contributed by atoms with Crippen LogP contribution in [0.5, 0.6) is 0 Å². The molecule has 0 unspecified atom stereocenters. The Balaban J connectivity index is 1.78. The molecule has 1 aliphatic rings. The third-order valence-corrected chi connectivity index (χ3v) is 5.83. The van der Waals surface area contributed by atoms with Crippen LogP contribution in [-0.4, -0.2) is 38.4 Å². The molecule has 6 heteroatoms. The summed E-state index contributed by atoms with van der Waals surface area (Å²) in [5.74, 6) is 0.307. The van der Waals surface area contributed by atoms with Crippen molar-refractivity contribution in [3.63, 3.8) is 0 Å². The molecule has 23 heavy (non-hydrogen) atoms. The number of ether oxygens (including phenoxy) is 1. The zero-order valence-electron chi connectivity index (χ0n) is 13.2. The zero-order chi connectivity index (χ0) is 16.3. The summed E-state index contributed by atoms with van der Waals surface area (Å²) in [6.45, 7) is 2.89. The van der Waals surface area contributed by atoms with Crippen LogP contribution in [0.25, 0.3) is 10.9 Å². The smallest absolute Gasteiger partial charge is 0.211 e. The van der Waals surface area contributed by atoms with Gasteiger partial charge in [-0.05, 0) is 30.5 Å². The fraction of sp³-hybridized carbons (Fsp3) is 0.471. The molecule has 2 atom stereocenters. The lowest BCUT2D eigenvalue weighted by Gasteiger charge is -2.19. The van der Waals surface area contributed by atoms with E-state index in [0.29, 0.717) is 19.6 Å². The number of rotatable bonds is 6. The number of nitrogens with one attached hydrogen (secondary N) is 1. The Morgan fingerprint density at radius 1 is 1.26 bits per heavy atom. The van der Waals surface area contributed by atoms with Gasteiger partial charge < -0.3 is 4.74 Å². The van der Waals surface area contributed by atoms with Crippen molar-refractivity contribution in [2.75, 3.05) is 19.0 Å². The molecule has 1 fully saturated rings. The van der Waals surface area contributed by atoms with Gasteiger partial charge in [-0.25, -0.2) is 13.1 Å². The summed E-state index contributed by atoms with van der Waals surface area (Å²) in [5, 5.41) is 1.12. The number of fused-ring (bicyclic) bond motifs is 1. The molecule has 1 aliphatic heterocycles. The van der Waals surface area contributed by atoms with Gasteiger partial charge in [0.15, 0.2) is 0 Å². The number of hydrogen-bond donors (Lipinski definition) is 1. The van der Waals surface area contributed by atoms with E-state index < -0.39 is 10.0 Å². The van der Waals surface area contributed by atoms with Crippen molar-refractivity contribution in [1.29, 1.82) is 0 Å². The Morgan fingerprint density at radius 2 is 2.09 bits per heavy atom. The van der Waals surface area contributed by atoms with Crippen LogP contribution < -0.4 is 4.72 Å². The van der Waals surface area contributed by atoms with Gasteiger partial charge >= 0.3 is 0 Å². The predicted octanol–water partition coefficient (Wildman–Crippen LogP) is 2.12. The maximum Gasteiger partial charge on any atom is 0.211 e. The fourth-order valence-electron chi connectivity index (χ4n) is 3.10. The molecular weight excluding hydrogens is 312 g/mol. The van der Waals surface area contributed by atoms with Gasteiger partial charge in [0.1, 0.15) is 0 Å². The normalized spacial score (nSPS) is 21.8. The zero-order valence-corrected chi connectivity index (χ0v) is 14.1. The Bertz CT molecular complexity index is 771. The molecule has 0 bridgehead atoms. The highest BCUT2D eigenvalue weighted by Crippen LogP contribution is 2.24. The molecule has 1 aromatic heterocycles. The third-order valence-electron chi connectivity index (χ3n) is 4.22. The van der Waals surface area contributed by atoms with E-state index in [1.54, 1.807) is 0 Å². The molecule has 124 valence electrons. The van der Waals surface area contributed by atoms with Crippen LogP contribution >= 0.6 is 0 Å². The maximum atomic E-state index is 12.0. The number of pyridine rings is 1. The summed E-state index contributed by atoms with van der Waals surface area (Å²) in [6, 6.07) is 9.88. The average molecular weight is 334 g/mol. The monoisotopic (exact) mass is 334 g/mol. The molecule has 2 heterocycles. The van der Waals surface area contributed by atoms with E-state index in [1.165, 1.54) is 5.56 Å². The van der Waals surface area contributed by atoms with E-state index in [9.17, 15) is 8.42 Å². The van der Waals surface area contributed by atoms with E-state index in [0.717, 1.165) is 17.3 Å². The van der Waals surface area contributed by atoms with E-state index in [1.807, 2.05) is 37.4 Å². The van der Waals surface area contributed by atoms with Crippen molar-refractivity contribution in [2.24, 2.45) is 5.92 Å². The van der Waals surface area contributed by atoms with E-state index >= 15 is 0 Å². The molecule has 5 nitrogen and oxygen atoms in total. The lowest BCUT2D eigenvalue weighted by molar-refractivity contribution is 0.183. The first-order valence-electron chi connectivity index (χ1n) is 7.99. The molecule has 0 radical (unpaired) electrons. The summed E-state index contributed by atoms with van der Waals surface area (Å²) in [7, 11) is -3.23. The van der Waals surface area contributed by atoms with Gasteiger partial charge in [-0.15, -0.1) is 0 Å². The van der Waals surface area contributed by atoms with Crippen molar-refractivity contribution in [2.45, 2.75) is 25.8 Å². The highest BCUT2D eigenvalue weighted by atomic mass is 32.2. The highest BCUT2D eigenvalue weighted by Gasteiger charge is 2.31. The van der Waals surface area contributed by atoms with Crippen LogP contribution in [-0.2, 0) is 21.2 Å². The Hall–Kier alpha value is -1.50. The topological polar surface area (TPSA) is 68.3 Å².